The van der Waals surface area contributed by atoms with Crippen molar-refractivity contribution in [2.45, 2.75) is 25.9 Å². The number of hydrogen-bond donors (Lipinski definition) is 0. The Morgan fingerprint density at radius 3 is 2.75 bits per heavy atom. The molecule has 0 aliphatic heterocycles. The molecular weight excluding hydrogens is 212 g/mol. The van der Waals surface area contributed by atoms with Gasteiger partial charge in [-0.1, -0.05) is 17.6 Å². The fourth-order valence-corrected chi connectivity index (χ4v) is 1.39. The molecule has 0 unspecified atom stereocenters. The van der Waals surface area contributed by atoms with Crippen LogP contribution in [-0.2, 0) is 11.4 Å². The Bertz CT molecular complexity index is 389. The molecule has 1 aromatic carbocycles. The van der Waals surface area contributed by atoms with E-state index in [1.165, 1.54) is 12.5 Å². The van der Waals surface area contributed by atoms with E-state index < -0.39 is 11.6 Å². The van der Waals surface area contributed by atoms with Gasteiger partial charge in [0.05, 0.1) is 0 Å². The van der Waals surface area contributed by atoms with Gasteiger partial charge in [-0.3, -0.25) is 0 Å². The average molecular weight is 224 g/mol. The molecule has 1 aliphatic rings. The minimum absolute atomic E-state index is 0.136. The molecule has 0 atom stereocenters. The van der Waals surface area contributed by atoms with Gasteiger partial charge in [-0.25, -0.2) is 8.78 Å². The molecule has 0 N–H and O–H groups in total. The molecular formula is C12H12F2NO. The summed E-state index contributed by atoms with van der Waals surface area (Å²) in [4.78, 5) is 4.95. The van der Waals surface area contributed by atoms with E-state index in [1.54, 1.807) is 0 Å². The predicted octanol–water partition coefficient (Wildman–Crippen LogP) is 3.14. The molecule has 0 heterocycles. The molecule has 1 aromatic rings. The van der Waals surface area contributed by atoms with Crippen molar-refractivity contribution >= 4 is 6.21 Å². The summed E-state index contributed by atoms with van der Waals surface area (Å²) >= 11 is 0. The fourth-order valence-electron chi connectivity index (χ4n) is 1.39. The van der Waals surface area contributed by atoms with Crippen LogP contribution in [0.25, 0.3) is 0 Å². The third kappa shape index (κ3) is 2.78. The van der Waals surface area contributed by atoms with Crippen molar-refractivity contribution in [3.63, 3.8) is 0 Å². The molecule has 0 bridgehead atoms. The van der Waals surface area contributed by atoms with Crippen molar-refractivity contribution in [2.24, 2.45) is 11.1 Å². The molecule has 1 aliphatic carbocycles. The van der Waals surface area contributed by atoms with E-state index in [4.69, 9.17) is 4.84 Å². The number of nitrogens with zero attached hydrogens (tertiary/aromatic N) is 1. The summed E-state index contributed by atoms with van der Waals surface area (Å²) < 4.78 is 25.4. The van der Waals surface area contributed by atoms with E-state index in [0.717, 1.165) is 25.0 Å². The maximum atomic E-state index is 12.8. The van der Waals surface area contributed by atoms with E-state index in [9.17, 15) is 8.78 Å². The summed E-state index contributed by atoms with van der Waals surface area (Å²) in [6, 6.07) is 3.65. The highest BCUT2D eigenvalue weighted by molar-refractivity contribution is 5.60. The third-order valence-corrected chi connectivity index (χ3v) is 2.62. The molecule has 0 spiro atoms. The van der Waals surface area contributed by atoms with E-state index >= 15 is 0 Å². The monoisotopic (exact) mass is 224 g/mol. The summed E-state index contributed by atoms with van der Waals surface area (Å²) in [6.07, 6.45) is 6.29. The van der Waals surface area contributed by atoms with Crippen LogP contribution in [0.4, 0.5) is 8.78 Å². The van der Waals surface area contributed by atoms with E-state index in [-0.39, 0.29) is 6.61 Å². The lowest BCUT2D eigenvalue weighted by Gasteiger charge is -2.18. The first kappa shape index (κ1) is 11.0. The van der Waals surface area contributed by atoms with Crippen molar-refractivity contribution in [1.29, 1.82) is 0 Å². The molecule has 1 fully saturated rings. The molecule has 16 heavy (non-hydrogen) atoms. The van der Waals surface area contributed by atoms with Crippen LogP contribution >= 0.6 is 0 Å². The Labute approximate surface area is 92.9 Å². The second-order valence-electron chi connectivity index (χ2n) is 3.87. The highest BCUT2D eigenvalue weighted by Gasteiger charge is 2.15. The first-order valence-corrected chi connectivity index (χ1v) is 5.27. The maximum absolute atomic E-state index is 12.8. The quantitative estimate of drug-likeness (QED) is 0.568. The SMILES string of the molecule is Fc1ccc(CO/N=[C]\C2CCC2)cc1F. The van der Waals surface area contributed by atoms with Crippen LogP contribution in [0.2, 0.25) is 0 Å². The van der Waals surface area contributed by atoms with E-state index in [1.807, 2.05) is 0 Å². The van der Waals surface area contributed by atoms with Crippen molar-refractivity contribution in [2.75, 3.05) is 0 Å². The molecule has 2 rings (SSSR count). The van der Waals surface area contributed by atoms with Crippen LogP contribution in [-0.4, -0.2) is 6.21 Å². The standard InChI is InChI=1S/C12H12F2NO/c13-11-5-4-10(6-12(11)14)8-16-15-7-9-2-1-3-9/h4-6,9H,1-3,8H2. The lowest BCUT2D eigenvalue weighted by molar-refractivity contribution is 0.129. The van der Waals surface area contributed by atoms with Gasteiger partial charge in [-0.15, -0.1) is 0 Å². The van der Waals surface area contributed by atoms with Crippen LogP contribution < -0.4 is 0 Å². The second kappa shape index (κ2) is 5.05. The van der Waals surface area contributed by atoms with Crippen molar-refractivity contribution < 1.29 is 13.6 Å². The van der Waals surface area contributed by atoms with Gasteiger partial charge in [0.25, 0.3) is 0 Å². The zero-order chi connectivity index (χ0) is 11.4. The minimum atomic E-state index is -0.868. The Kier molecular flexibility index (Phi) is 3.49. The summed E-state index contributed by atoms with van der Waals surface area (Å²) in [7, 11) is 0. The van der Waals surface area contributed by atoms with Gasteiger partial charge in [-0.2, -0.15) is 0 Å². The lowest BCUT2D eigenvalue weighted by Crippen LogP contribution is -2.11. The molecule has 0 amide bonds. The van der Waals surface area contributed by atoms with Gasteiger partial charge in [0.1, 0.15) is 12.8 Å². The van der Waals surface area contributed by atoms with Crippen molar-refractivity contribution in [1.82, 2.24) is 0 Å². The zero-order valence-corrected chi connectivity index (χ0v) is 8.75. The van der Waals surface area contributed by atoms with Crippen molar-refractivity contribution in [3.8, 4) is 0 Å². The topological polar surface area (TPSA) is 21.6 Å². The van der Waals surface area contributed by atoms with Crippen LogP contribution in [0, 0.1) is 17.6 Å². The van der Waals surface area contributed by atoms with Crippen LogP contribution in [0.15, 0.2) is 23.4 Å². The smallest absolute Gasteiger partial charge is 0.159 e. The number of halogens is 2. The number of rotatable bonds is 4. The average Bonchev–Trinajstić information content (AvgIpc) is 2.20. The molecule has 0 aromatic heterocycles. The molecule has 4 heteroatoms. The molecule has 85 valence electrons. The van der Waals surface area contributed by atoms with Crippen molar-refractivity contribution in [3.05, 3.63) is 35.4 Å². The number of benzene rings is 1. The Morgan fingerprint density at radius 1 is 1.31 bits per heavy atom. The largest absolute Gasteiger partial charge is 0.391 e. The van der Waals surface area contributed by atoms with Gasteiger partial charge < -0.3 is 4.84 Å². The second-order valence-corrected chi connectivity index (χ2v) is 3.87. The minimum Gasteiger partial charge on any atom is -0.391 e. The van der Waals surface area contributed by atoms with Gasteiger partial charge in [-0.05, 0) is 30.5 Å². The summed E-state index contributed by atoms with van der Waals surface area (Å²) in [6.45, 7) is 0.136. The van der Waals surface area contributed by atoms with Gasteiger partial charge in [0.15, 0.2) is 11.6 Å². The normalized spacial score (nSPS) is 16.4. The molecule has 1 saturated carbocycles. The van der Waals surface area contributed by atoms with Crippen LogP contribution in [0.1, 0.15) is 24.8 Å². The Balaban J connectivity index is 1.80. The van der Waals surface area contributed by atoms with E-state index in [2.05, 4.69) is 11.4 Å². The molecule has 1 radical (unpaired) electrons. The Morgan fingerprint density at radius 2 is 2.12 bits per heavy atom. The predicted molar refractivity (Wildman–Crippen MR) is 55.9 cm³/mol. The summed E-state index contributed by atoms with van der Waals surface area (Å²) in [5.41, 5.74) is 0.554. The van der Waals surface area contributed by atoms with E-state index in [0.29, 0.717) is 11.5 Å². The Hall–Kier alpha value is -1.45. The molecule has 2 nitrogen and oxygen atoms in total. The van der Waals surface area contributed by atoms with Gasteiger partial charge in [0, 0.05) is 5.92 Å². The third-order valence-electron chi connectivity index (χ3n) is 2.62. The highest BCUT2D eigenvalue weighted by atomic mass is 19.2. The van der Waals surface area contributed by atoms with Crippen LogP contribution in [0.5, 0.6) is 0 Å². The van der Waals surface area contributed by atoms with Gasteiger partial charge in [0.2, 0.25) is 0 Å². The summed E-state index contributed by atoms with van der Waals surface area (Å²) in [5.74, 6) is -1.31. The highest BCUT2D eigenvalue weighted by Crippen LogP contribution is 2.24. The first-order valence-electron chi connectivity index (χ1n) is 5.27. The maximum Gasteiger partial charge on any atom is 0.159 e. The van der Waals surface area contributed by atoms with Crippen LogP contribution in [0.3, 0.4) is 0 Å². The zero-order valence-electron chi connectivity index (χ0n) is 8.75. The molecule has 0 saturated heterocycles. The summed E-state index contributed by atoms with van der Waals surface area (Å²) in [5, 5.41) is 3.67. The first-order chi connectivity index (χ1) is 7.75. The fraction of sp³-hybridized carbons (Fsp3) is 0.417. The lowest BCUT2D eigenvalue weighted by atomic mass is 9.87. The number of hydrogen-bond acceptors (Lipinski definition) is 2. The van der Waals surface area contributed by atoms with Gasteiger partial charge >= 0.3 is 0 Å².